The summed E-state index contributed by atoms with van der Waals surface area (Å²) in [5, 5.41) is 6.05. The Morgan fingerprint density at radius 2 is 1.88 bits per heavy atom. The molecule has 0 fully saturated rings. The predicted molar refractivity (Wildman–Crippen MR) is 91.7 cm³/mol. The summed E-state index contributed by atoms with van der Waals surface area (Å²) in [4.78, 5) is 28.4. The topological polar surface area (TPSA) is 145 Å². The Morgan fingerprint density at radius 3 is 2.36 bits per heavy atom. The lowest BCUT2D eigenvalue weighted by Gasteiger charge is -2.18. The van der Waals surface area contributed by atoms with Crippen LogP contribution in [0.5, 0.6) is 0 Å². The van der Waals surface area contributed by atoms with Gasteiger partial charge in [-0.25, -0.2) is 8.42 Å². The minimum Gasteiger partial charge on any atom is -0.344 e. The molecule has 9 nitrogen and oxygen atoms in total. The first-order valence-electron chi connectivity index (χ1n) is 8.22. The SMILES string of the molecule is CCc1nc(C(=O)C(CC)NC(=O)C(N)CS(=O)(=O)CC(C)C)no1. The van der Waals surface area contributed by atoms with E-state index in [-0.39, 0.29) is 23.9 Å². The van der Waals surface area contributed by atoms with Crippen molar-refractivity contribution in [1.82, 2.24) is 15.5 Å². The molecule has 1 rings (SSSR count). The molecule has 0 bridgehead atoms. The van der Waals surface area contributed by atoms with Crippen LogP contribution in [0, 0.1) is 5.92 Å². The number of amides is 1. The van der Waals surface area contributed by atoms with Gasteiger partial charge >= 0.3 is 0 Å². The van der Waals surface area contributed by atoms with Crippen LogP contribution in [0.2, 0.25) is 0 Å². The Balaban J connectivity index is 2.73. The fraction of sp³-hybridized carbons (Fsp3) is 0.733. The van der Waals surface area contributed by atoms with Gasteiger partial charge in [0.05, 0.1) is 23.6 Å². The van der Waals surface area contributed by atoms with Crippen LogP contribution in [-0.4, -0.2) is 53.8 Å². The molecule has 25 heavy (non-hydrogen) atoms. The normalized spacial score (nSPS) is 14.3. The largest absolute Gasteiger partial charge is 0.344 e. The van der Waals surface area contributed by atoms with Gasteiger partial charge in [0.2, 0.25) is 23.4 Å². The number of ketones is 1. The van der Waals surface area contributed by atoms with Crippen molar-refractivity contribution >= 4 is 21.5 Å². The summed E-state index contributed by atoms with van der Waals surface area (Å²) in [6.07, 6.45) is 0.772. The zero-order valence-electron chi connectivity index (χ0n) is 15.0. The van der Waals surface area contributed by atoms with Gasteiger partial charge in [0, 0.05) is 6.42 Å². The van der Waals surface area contributed by atoms with Gasteiger partial charge in [-0.05, 0) is 12.3 Å². The van der Waals surface area contributed by atoms with Gasteiger partial charge in [-0.3, -0.25) is 9.59 Å². The minimum atomic E-state index is -3.45. The second kappa shape index (κ2) is 9.04. The van der Waals surface area contributed by atoms with Crippen LogP contribution in [-0.2, 0) is 21.1 Å². The third-order valence-electron chi connectivity index (χ3n) is 3.39. The number of aryl methyl sites for hydroxylation is 1. The van der Waals surface area contributed by atoms with Crippen molar-refractivity contribution in [2.45, 2.75) is 52.6 Å². The maximum atomic E-state index is 12.3. The molecule has 0 aliphatic heterocycles. The van der Waals surface area contributed by atoms with Crippen LogP contribution in [0.3, 0.4) is 0 Å². The van der Waals surface area contributed by atoms with Crippen molar-refractivity contribution in [2.24, 2.45) is 11.7 Å². The van der Waals surface area contributed by atoms with Crippen molar-refractivity contribution in [2.75, 3.05) is 11.5 Å². The summed E-state index contributed by atoms with van der Waals surface area (Å²) in [6, 6.07) is -2.14. The van der Waals surface area contributed by atoms with E-state index in [1.165, 1.54) is 0 Å². The van der Waals surface area contributed by atoms with Crippen molar-refractivity contribution in [1.29, 1.82) is 0 Å². The van der Waals surface area contributed by atoms with E-state index in [1.54, 1.807) is 27.7 Å². The van der Waals surface area contributed by atoms with Crippen LogP contribution < -0.4 is 11.1 Å². The van der Waals surface area contributed by atoms with Crippen LogP contribution in [0.4, 0.5) is 0 Å². The second-order valence-electron chi connectivity index (χ2n) is 6.28. The van der Waals surface area contributed by atoms with E-state index in [4.69, 9.17) is 10.3 Å². The van der Waals surface area contributed by atoms with Crippen molar-refractivity contribution in [3.63, 3.8) is 0 Å². The van der Waals surface area contributed by atoms with Gasteiger partial charge in [-0.15, -0.1) is 0 Å². The molecule has 0 spiro atoms. The first-order chi connectivity index (χ1) is 11.6. The van der Waals surface area contributed by atoms with E-state index >= 15 is 0 Å². The minimum absolute atomic E-state index is 0.0488. The quantitative estimate of drug-likeness (QED) is 0.549. The molecular formula is C15H26N4O5S. The summed E-state index contributed by atoms with van der Waals surface area (Å²) < 4.78 is 28.8. The molecule has 10 heteroatoms. The van der Waals surface area contributed by atoms with Crippen LogP contribution in [0.15, 0.2) is 4.52 Å². The third-order valence-corrected chi connectivity index (χ3v) is 5.43. The zero-order chi connectivity index (χ0) is 19.2. The van der Waals surface area contributed by atoms with Crippen LogP contribution >= 0.6 is 0 Å². The summed E-state index contributed by atoms with van der Waals surface area (Å²) in [6.45, 7) is 7.04. The lowest BCUT2D eigenvalue weighted by molar-refractivity contribution is -0.122. The highest BCUT2D eigenvalue weighted by atomic mass is 32.2. The van der Waals surface area contributed by atoms with Gasteiger partial charge in [-0.1, -0.05) is 32.9 Å². The van der Waals surface area contributed by atoms with Gasteiger partial charge in [-0.2, -0.15) is 4.98 Å². The highest BCUT2D eigenvalue weighted by Crippen LogP contribution is 2.06. The summed E-state index contributed by atoms with van der Waals surface area (Å²) >= 11 is 0. The third kappa shape index (κ3) is 6.54. The lowest BCUT2D eigenvalue weighted by atomic mass is 10.1. The molecule has 1 amide bonds. The summed E-state index contributed by atoms with van der Waals surface area (Å²) in [5.41, 5.74) is 5.69. The highest BCUT2D eigenvalue weighted by Gasteiger charge is 2.29. The van der Waals surface area contributed by atoms with E-state index in [2.05, 4.69) is 15.5 Å². The molecule has 3 N–H and O–H groups in total. The maximum Gasteiger partial charge on any atom is 0.240 e. The van der Waals surface area contributed by atoms with E-state index in [1.807, 2.05) is 0 Å². The summed E-state index contributed by atoms with van der Waals surface area (Å²) in [7, 11) is -3.45. The lowest BCUT2D eigenvalue weighted by Crippen LogP contribution is -2.51. The molecule has 1 aromatic rings. The van der Waals surface area contributed by atoms with Gasteiger partial charge in [0.1, 0.15) is 0 Å². The molecule has 0 saturated heterocycles. The predicted octanol–water partition coefficient (Wildman–Crippen LogP) is 0.108. The molecule has 0 radical (unpaired) electrons. The maximum absolute atomic E-state index is 12.3. The fourth-order valence-electron chi connectivity index (χ4n) is 2.21. The number of nitrogens with one attached hydrogen (secondary N) is 1. The molecule has 0 saturated carbocycles. The number of hydrogen-bond donors (Lipinski definition) is 2. The van der Waals surface area contributed by atoms with Crippen molar-refractivity contribution < 1.29 is 22.5 Å². The second-order valence-corrected chi connectivity index (χ2v) is 8.43. The van der Waals surface area contributed by atoms with Gasteiger partial charge < -0.3 is 15.6 Å². The zero-order valence-corrected chi connectivity index (χ0v) is 15.8. The number of nitrogens with zero attached hydrogens (tertiary/aromatic N) is 2. The Hall–Kier alpha value is -1.81. The number of Topliss-reactive ketones (excluding diaryl/α,β-unsaturated/α-hetero) is 1. The average molecular weight is 374 g/mol. The van der Waals surface area contributed by atoms with Crippen LogP contribution in [0.25, 0.3) is 0 Å². The molecule has 0 aromatic carbocycles. The molecule has 2 atom stereocenters. The molecule has 142 valence electrons. The molecule has 1 heterocycles. The number of carbonyl (C=O) groups is 2. The monoisotopic (exact) mass is 374 g/mol. The van der Waals surface area contributed by atoms with Crippen molar-refractivity contribution in [3.05, 3.63) is 11.7 Å². The smallest absolute Gasteiger partial charge is 0.240 e. The molecule has 1 aromatic heterocycles. The van der Waals surface area contributed by atoms with E-state index in [0.717, 1.165) is 0 Å². The number of aromatic nitrogens is 2. The molecule has 2 unspecified atom stereocenters. The highest BCUT2D eigenvalue weighted by molar-refractivity contribution is 7.91. The van der Waals surface area contributed by atoms with E-state index in [9.17, 15) is 18.0 Å². The average Bonchev–Trinajstić information content (AvgIpc) is 2.98. The number of carbonyl (C=O) groups excluding carboxylic acids is 2. The van der Waals surface area contributed by atoms with Crippen molar-refractivity contribution in [3.8, 4) is 0 Å². The van der Waals surface area contributed by atoms with Gasteiger partial charge in [0.25, 0.3) is 0 Å². The standard InChI is InChI=1S/C15H26N4O5S/c1-5-11(13(20)14-18-12(6-2)24-19-14)17-15(21)10(16)8-25(22,23)7-9(3)4/h9-11H,5-8,16H2,1-4H3,(H,17,21). The Bertz CT molecular complexity index is 699. The first-order valence-corrected chi connectivity index (χ1v) is 10.0. The summed E-state index contributed by atoms with van der Waals surface area (Å²) in [5.74, 6) is -1.58. The number of rotatable bonds is 10. The molecule has 0 aliphatic rings. The Labute approximate surface area is 147 Å². The Kier molecular flexibility index (Phi) is 7.68. The molecular weight excluding hydrogens is 348 g/mol. The number of sulfone groups is 1. The van der Waals surface area contributed by atoms with E-state index < -0.39 is 39.4 Å². The van der Waals surface area contributed by atoms with Crippen LogP contribution in [0.1, 0.15) is 50.6 Å². The Morgan fingerprint density at radius 1 is 1.24 bits per heavy atom. The molecule has 0 aliphatic carbocycles. The number of hydrogen-bond acceptors (Lipinski definition) is 8. The fourth-order valence-corrected chi connectivity index (χ4v) is 4.06. The van der Waals surface area contributed by atoms with E-state index in [0.29, 0.717) is 12.3 Å². The van der Waals surface area contributed by atoms with Gasteiger partial charge in [0.15, 0.2) is 9.84 Å². The first kappa shape index (κ1) is 21.2. The number of nitrogens with two attached hydrogens (primary N) is 1.